The van der Waals surface area contributed by atoms with Gasteiger partial charge in [-0.3, -0.25) is 4.99 Å². The van der Waals surface area contributed by atoms with Crippen LogP contribution in [0.3, 0.4) is 0 Å². The van der Waals surface area contributed by atoms with E-state index in [1.54, 1.807) is 14.2 Å². The van der Waals surface area contributed by atoms with Crippen LogP contribution in [0.25, 0.3) is 0 Å². The number of nitrogens with one attached hydrogen (secondary N) is 1. The van der Waals surface area contributed by atoms with Crippen LogP contribution in [0.5, 0.6) is 0 Å². The Balaban J connectivity index is 0.00000180. The number of aliphatic hydroxyl groups is 1. The first kappa shape index (κ1) is 17.0. The molecule has 2 aliphatic rings. The van der Waals surface area contributed by atoms with Gasteiger partial charge in [-0.15, -0.1) is 24.0 Å². The summed E-state index contributed by atoms with van der Waals surface area (Å²) < 4.78 is 5.20. The van der Waals surface area contributed by atoms with Crippen molar-refractivity contribution in [1.29, 1.82) is 0 Å². The smallest absolute Gasteiger partial charge is 0.193 e. The lowest BCUT2D eigenvalue weighted by atomic mass is 9.80. The number of halogens is 1. The summed E-state index contributed by atoms with van der Waals surface area (Å²) in [6.45, 7) is 3.45. The highest BCUT2D eigenvalue weighted by Crippen LogP contribution is 2.30. The molecule has 2 N–H and O–H groups in total. The van der Waals surface area contributed by atoms with Crippen LogP contribution in [0, 0.1) is 5.92 Å². The van der Waals surface area contributed by atoms with Gasteiger partial charge in [0.2, 0.25) is 0 Å². The first-order chi connectivity index (χ1) is 8.67. The van der Waals surface area contributed by atoms with Crippen molar-refractivity contribution < 1.29 is 9.84 Å². The van der Waals surface area contributed by atoms with E-state index in [1.807, 2.05) is 0 Å². The molecule has 0 spiro atoms. The zero-order valence-corrected chi connectivity index (χ0v) is 14.2. The van der Waals surface area contributed by atoms with Crippen molar-refractivity contribution in [3.8, 4) is 0 Å². The molecular weight excluding hydrogens is 357 g/mol. The van der Waals surface area contributed by atoms with E-state index in [-0.39, 0.29) is 24.0 Å². The minimum Gasteiger partial charge on any atom is -0.388 e. The number of hydrogen-bond acceptors (Lipinski definition) is 3. The maximum atomic E-state index is 10.1. The standard InChI is InChI=1S/C13H25N3O2.HI/c1-14-12(15-10-13(17)5-3-6-13)16-7-4-11(8-16)9-18-2;/h11,17H,3-10H2,1-2H3,(H,14,15);1H. The number of guanidine groups is 1. The van der Waals surface area contributed by atoms with Gasteiger partial charge < -0.3 is 20.1 Å². The van der Waals surface area contributed by atoms with Gasteiger partial charge in [0.1, 0.15) is 0 Å². The summed E-state index contributed by atoms with van der Waals surface area (Å²) in [6.07, 6.45) is 4.10. The predicted molar refractivity (Wildman–Crippen MR) is 87.1 cm³/mol. The van der Waals surface area contributed by atoms with Gasteiger partial charge in [0.05, 0.1) is 12.2 Å². The molecule has 1 heterocycles. The average molecular weight is 383 g/mol. The molecule has 1 aliphatic heterocycles. The summed E-state index contributed by atoms with van der Waals surface area (Å²) in [7, 11) is 3.55. The molecule has 2 fully saturated rings. The number of aliphatic imine (C=N–C) groups is 1. The molecule has 1 aliphatic carbocycles. The van der Waals surface area contributed by atoms with Gasteiger partial charge in [-0.1, -0.05) is 0 Å². The fourth-order valence-electron chi connectivity index (χ4n) is 2.73. The van der Waals surface area contributed by atoms with Gasteiger partial charge in [-0.25, -0.2) is 0 Å². The summed E-state index contributed by atoms with van der Waals surface area (Å²) in [5.74, 6) is 1.51. The van der Waals surface area contributed by atoms with Crippen molar-refractivity contribution in [3.63, 3.8) is 0 Å². The Morgan fingerprint density at radius 3 is 2.79 bits per heavy atom. The van der Waals surface area contributed by atoms with Crippen LogP contribution in [-0.4, -0.2) is 62.0 Å². The molecule has 112 valence electrons. The molecule has 1 saturated carbocycles. The first-order valence-corrected chi connectivity index (χ1v) is 6.84. The van der Waals surface area contributed by atoms with Crippen molar-refractivity contribution in [2.24, 2.45) is 10.9 Å². The van der Waals surface area contributed by atoms with Gasteiger partial charge in [0.15, 0.2) is 5.96 Å². The Morgan fingerprint density at radius 2 is 2.26 bits per heavy atom. The van der Waals surface area contributed by atoms with Crippen molar-refractivity contribution in [2.75, 3.05) is 40.4 Å². The van der Waals surface area contributed by atoms with Crippen LogP contribution in [-0.2, 0) is 4.74 Å². The molecule has 0 aromatic rings. The number of likely N-dealkylation sites (tertiary alicyclic amines) is 1. The largest absolute Gasteiger partial charge is 0.388 e. The van der Waals surface area contributed by atoms with Crippen LogP contribution in [0.4, 0.5) is 0 Å². The van der Waals surface area contributed by atoms with Crippen molar-refractivity contribution in [3.05, 3.63) is 0 Å². The van der Waals surface area contributed by atoms with Crippen LogP contribution < -0.4 is 5.32 Å². The highest BCUT2D eigenvalue weighted by molar-refractivity contribution is 14.0. The lowest BCUT2D eigenvalue weighted by Crippen LogP contribution is -2.51. The molecule has 0 bridgehead atoms. The van der Waals surface area contributed by atoms with Gasteiger partial charge in [0.25, 0.3) is 0 Å². The van der Waals surface area contributed by atoms with Crippen molar-refractivity contribution in [2.45, 2.75) is 31.3 Å². The van der Waals surface area contributed by atoms with Crippen molar-refractivity contribution >= 4 is 29.9 Å². The van der Waals surface area contributed by atoms with E-state index in [9.17, 15) is 5.11 Å². The van der Waals surface area contributed by atoms with E-state index >= 15 is 0 Å². The quantitative estimate of drug-likeness (QED) is 0.433. The Hall–Kier alpha value is -0.0800. The van der Waals surface area contributed by atoms with E-state index < -0.39 is 5.60 Å². The van der Waals surface area contributed by atoms with Gasteiger partial charge in [-0.05, 0) is 25.7 Å². The maximum absolute atomic E-state index is 10.1. The monoisotopic (exact) mass is 383 g/mol. The second-order valence-electron chi connectivity index (χ2n) is 5.53. The third kappa shape index (κ3) is 4.46. The zero-order valence-electron chi connectivity index (χ0n) is 11.9. The number of nitrogens with zero attached hydrogens (tertiary/aromatic N) is 2. The number of rotatable bonds is 4. The summed E-state index contributed by atoms with van der Waals surface area (Å²) in [6, 6.07) is 0. The van der Waals surface area contributed by atoms with Crippen LogP contribution in [0.15, 0.2) is 4.99 Å². The van der Waals surface area contributed by atoms with Gasteiger partial charge in [-0.2, -0.15) is 0 Å². The molecule has 0 radical (unpaired) electrons. The van der Waals surface area contributed by atoms with Crippen LogP contribution in [0.1, 0.15) is 25.7 Å². The zero-order chi connectivity index (χ0) is 13.0. The average Bonchev–Trinajstić information content (AvgIpc) is 2.77. The SMILES string of the molecule is CN=C(NCC1(O)CCC1)N1CCC(COC)C1.I. The molecule has 1 saturated heterocycles. The lowest BCUT2D eigenvalue weighted by Gasteiger charge is -2.37. The first-order valence-electron chi connectivity index (χ1n) is 6.84. The minimum absolute atomic E-state index is 0. The van der Waals surface area contributed by atoms with Gasteiger partial charge in [0, 0.05) is 39.7 Å². The highest BCUT2D eigenvalue weighted by atomic mass is 127. The Bertz CT molecular complexity index is 308. The third-order valence-electron chi connectivity index (χ3n) is 4.06. The number of ether oxygens (including phenoxy) is 1. The Morgan fingerprint density at radius 1 is 1.53 bits per heavy atom. The fraction of sp³-hybridized carbons (Fsp3) is 0.923. The Kier molecular flexibility index (Phi) is 6.82. The topological polar surface area (TPSA) is 57.1 Å². The Labute approximate surface area is 132 Å². The normalized spacial score (nSPS) is 25.7. The predicted octanol–water partition coefficient (Wildman–Crippen LogP) is 1.06. The maximum Gasteiger partial charge on any atom is 0.193 e. The van der Waals surface area contributed by atoms with Crippen LogP contribution >= 0.6 is 24.0 Å². The summed E-state index contributed by atoms with van der Waals surface area (Å²) in [5.41, 5.74) is -0.498. The fourth-order valence-corrected chi connectivity index (χ4v) is 2.73. The van der Waals surface area contributed by atoms with E-state index in [2.05, 4.69) is 15.2 Å². The van der Waals surface area contributed by atoms with E-state index in [4.69, 9.17) is 4.74 Å². The molecule has 5 nitrogen and oxygen atoms in total. The lowest BCUT2D eigenvalue weighted by molar-refractivity contribution is -0.0282. The molecule has 0 amide bonds. The molecule has 1 atom stereocenters. The summed E-state index contributed by atoms with van der Waals surface area (Å²) in [4.78, 5) is 6.56. The summed E-state index contributed by atoms with van der Waals surface area (Å²) >= 11 is 0. The second-order valence-corrected chi connectivity index (χ2v) is 5.53. The van der Waals surface area contributed by atoms with E-state index in [0.717, 1.165) is 51.3 Å². The third-order valence-corrected chi connectivity index (χ3v) is 4.06. The van der Waals surface area contributed by atoms with Crippen LogP contribution in [0.2, 0.25) is 0 Å². The highest BCUT2D eigenvalue weighted by Gasteiger charge is 2.35. The van der Waals surface area contributed by atoms with Crippen molar-refractivity contribution in [1.82, 2.24) is 10.2 Å². The molecule has 6 heteroatoms. The second kappa shape index (κ2) is 7.64. The molecule has 0 aromatic carbocycles. The molecule has 0 aromatic heterocycles. The van der Waals surface area contributed by atoms with Gasteiger partial charge >= 0.3 is 0 Å². The minimum atomic E-state index is -0.498. The van der Waals surface area contributed by atoms with E-state index in [0.29, 0.717) is 12.5 Å². The van der Waals surface area contributed by atoms with E-state index in [1.165, 1.54) is 0 Å². The molecule has 1 unspecified atom stereocenters. The number of hydrogen-bond donors (Lipinski definition) is 2. The molecule has 2 rings (SSSR count). The molecular formula is C13H26IN3O2. The molecule has 19 heavy (non-hydrogen) atoms. The summed E-state index contributed by atoms with van der Waals surface area (Å²) in [5, 5.41) is 13.4. The number of methoxy groups -OCH3 is 1.